The highest BCUT2D eigenvalue weighted by atomic mass is 32.2. The molecule has 0 unspecified atom stereocenters. The lowest BCUT2D eigenvalue weighted by Gasteiger charge is -2.35. The van der Waals surface area contributed by atoms with E-state index in [1.807, 2.05) is 12.1 Å². The van der Waals surface area contributed by atoms with E-state index in [2.05, 4.69) is 24.4 Å². The van der Waals surface area contributed by atoms with Gasteiger partial charge in [-0.15, -0.1) is 11.8 Å². The molecule has 1 fully saturated rings. The third-order valence-electron chi connectivity index (χ3n) is 4.41. The van der Waals surface area contributed by atoms with Gasteiger partial charge in [-0.3, -0.25) is 4.79 Å². The Morgan fingerprint density at radius 3 is 2.57 bits per heavy atom. The van der Waals surface area contributed by atoms with Crippen LogP contribution in [0.15, 0.2) is 24.3 Å². The first-order valence-corrected chi connectivity index (χ1v) is 9.24. The highest BCUT2D eigenvalue weighted by Gasteiger charge is 2.41. The predicted octanol–water partition coefficient (Wildman–Crippen LogP) is 3.22. The van der Waals surface area contributed by atoms with Crippen LogP contribution in [-0.4, -0.2) is 30.3 Å². The fraction of sp³-hybridized carbons (Fsp3) is 0.556. The molecule has 1 N–H and O–H groups in total. The molecule has 23 heavy (non-hydrogen) atoms. The summed E-state index contributed by atoms with van der Waals surface area (Å²) in [5.74, 6) is 0.753. The molecule has 0 radical (unpaired) electrons. The van der Waals surface area contributed by atoms with Gasteiger partial charge in [0.15, 0.2) is 0 Å². The molecule has 5 heteroatoms. The van der Waals surface area contributed by atoms with Gasteiger partial charge in [-0.25, -0.2) is 4.79 Å². The van der Waals surface area contributed by atoms with E-state index in [9.17, 15) is 9.59 Å². The van der Waals surface area contributed by atoms with Gasteiger partial charge in [-0.05, 0) is 30.9 Å². The summed E-state index contributed by atoms with van der Waals surface area (Å²) in [5, 5.41) is 2.95. The maximum Gasteiger partial charge on any atom is 0.331 e. The Hall–Kier alpha value is -1.49. The highest BCUT2D eigenvalue weighted by molar-refractivity contribution is 7.99. The summed E-state index contributed by atoms with van der Waals surface area (Å²) in [5.41, 5.74) is 1.66. The van der Waals surface area contributed by atoms with Crippen LogP contribution in [-0.2, 0) is 20.1 Å². The third kappa shape index (κ3) is 4.74. The maximum atomic E-state index is 12.3. The van der Waals surface area contributed by atoms with Gasteiger partial charge in [0.05, 0.1) is 12.9 Å². The minimum absolute atomic E-state index is 0.0871. The largest absolute Gasteiger partial charge is 0.467 e. The van der Waals surface area contributed by atoms with Gasteiger partial charge in [-0.1, -0.05) is 43.5 Å². The van der Waals surface area contributed by atoms with Crippen LogP contribution in [0.4, 0.5) is 0 Å². The standard InChI is InChI=1S/C18H25NO3S/c1-14-8-4-5-9-15(14)12-23-13-16(20)19-18(17(21)22-2)10-6-3-7-11-18/h4-5,8-9H,3,6-7,10-13H2,1-2H3,(H,19,20). The number of ether oxygens (including phenoxy) is 1. The maximum absolute atomic E-state index is 12.3. The van der Waals surface area contributed by atoms with E-state index in [4.69, 9.17) is 4.74 Å². The van der Waals surface area contributed by atoms with Crippen molar-refractivity contribution in [3.8, 4) is 0 Å². The van der Waals surface area contributed by atoms with Crippen molar-refractivity contribution in [2.45, 2.75) is 50.3 Å². The summed E-state index contributed by atoms with van der Waals surface area (Å²) in [6.45, 7) is 2.07. The van der Waals surface area contributed by atoms with Crippen molar-refractivity contribution in [1.82, 2.24) is 5.32 Å². The van der Waals surface area contributed by atoms with Crippen molar-refractivity contribution in [1.29, 1.82) is 0 Å². The minimum atomic E-state index is -0.812. The molecule has 1 aliphatic carbocycles. The zero-order chi connectivity index (χ0) is 16.7. The van der Waals surface area contributed by atoms with Crippen LogP contribution in [0.2, 0.25) is 0 Å². The lowest BCUT2D eigenvalue weighted by atomic mass is 9.81. The molecule has 4 nitrogen and oxygen atoms in total. The molecular weight excluding hydrogens is 310 g/mol. The Morgan fingerprint density at radius 2 is 1.91 bits per heavy atom. The summed E-state index contributed by atoms with van der Waals surface area (Å²) in [7, 11) is 1.39. The number of methoxy groups -OCH3 is 1. The van der Waals surface area contributed by atoms with E-state index in [0.717, 1.165) is 25.0 Å². The second-order valence-electron chi connectivity index (χ2n) is 6.10. The summed E-state index contributed by atoms with van der Waals surface area (Å²) in [6, 6.07) is 8.18. The zero-order valence-corrected chi connectivity index (χ0v) is 14.7. The number of benzene rings is 1. The normalized spacial score (nSPS) is 16.6. The van der Waals surface area contributed by atoms with E-state index in [-0.39, 0.29) is 11.9 Å². The Balaban J connectivity index is 1.87. The lowest BCUT2D eigenvalue weighted by Crippen LogP contribution is -2.56. The first kappa shape index (κ1) is 17.9. The molecule has 0 saturated heterocycles. The molecule has 1 saturated carbocycles. The third-order valence-corrected chi connectivity index (χ3v) is 5.40. The average Bonchev–Trinajstić information content (AvgIpc) is 2.56. The smallest absolute Gasteiger partial charge is 0.331 e. The average molecular weight is 335 g/mol. The summed E-state index contributed by atoms with van der Waals surface area (Å²) in [6.07, 6.45) is 4.36. The van der Waals surface area contributed by atoms with E-state index in [1.165, 1.54) is 18.2 Å². The Bertz CT molecular complexity index is 553. The Labute approximate surface area is 142 Å². The van der Waals surface area contributed by atoms with Crippen LogP contribution in [0.1, 0.15) is 43.2 Å². The molecule has 0 aliphatic heterocycles. The van der Waals surface area contributed by atoms with E-state index >= 15 is 0 Å². The van der Waals surface area contributed by atoms with Crippen LogP contribution >= 0.6 is 11.8 Å². The molecule has 0 atom stereocenters. The van der Waals surface area contributed by atoms with E-state index in [0.29, 0.717) is 18.6 Å². The van der Waals surface area contributed by atoms with Crippen LogP contribution in [0.5, 0.6) is 0 Å². The summed E-state index contributed by atoms with van der Waals surface area (Å²) >= 11 is 1.57. The Kier molecular flexibility index (Phi) is 6.51. The van der Waals surface area contributed by atoms with Crippen molar-refractivity contribution in [3.05, 3.63) is 35.4 Å². The van der Waals surface area contributed by atoms with Crippen LogP contribution in [0.25, 0.3) is 0 Å². The monoisotopic (exact) mass is 335 g/mol. The number of hydrogen-bond donors (Lipinski definition) is 1. The van der Waals surface area contributed by atoms with Crippen LogP contribution in [0, 0.1) is 6.92 Å². The Morgan fingerprint density at radius 1 is 1.22 bits per heavy atom. The molecule has 0 aromatic heterocycles. The van der Waals surface area contributed by atoms with Gasteiger partial charge < -0.3 is 10.1 Å². The predicted molar refractivity (Wildman–Crippen MR) is 93.3 cm³/mol. The number of amides is 1. The number of esters is 1. The van der Waals surface area contributed by atoms with Gasteiger partial charge in [0, 0.05) is 5.75 Å². The first-order chi connectivity index (χ1) is 11.1. The number of hydrogen-bond acceptors (Lipinski definition) is 4. The molecule has 126 valence electrons. The van der Waals surface area contributed by atoms with Crippen molar-refractivity contribution in [2.75, 3.05) is 12.9 Å². The van der Waals surface area contributed by atoms with Crippen LogP contribution in [0.3, 0.4) is 0 Å². The van der Waals surface area contributed by atoms with Gasteiger partial charge in [0.2, 0.25) is 5.91 Å². The zero-order valence-electron chi connectivity index (χ0n) is 13.9. The molecule has 0 bridgehead atoms. The SMILES string of the molecule is COC(=O)C1(NC(=O)CSCc2ccccc2C)CCCCC1. The topological polar surface area (TPSA) is 55.4 Å². The van der Waals surface area contributed by atoms with Crippen molar-refractivity contribution >= 4 is 23.6 Å². The number of thioether (sulfide) groups is 1. The molecule has 1 amide bonds. The molecule has 1 aliphatic rings. The van der Waals surface area contributed by atoms with Gasteiger partial charge >= 0.3 is 5.97 Å². The number of carbonyl (C=O) groups is 2. The first-order valence-electron chi connectivity index (χ1n) is 8.09. The molecule has 1 aromatic rings. The minimum Gasteiger partial charge on any atom is -0.467 e. The van der Waals surface area contributed by atoms with Crippen molar-refractivity contribution in [3.63, 3.8) is 0 Å². The highest BCUT2D eigenvalue weighted by Crippen LogP contribution is 2.29. The van der Waals surface area contributed by atoms with Crippen LogP contribution < -0.4 is 5.32 Å². The molecule has 2 rings (SSSR count). The quantitative estimate of drug-likeness (QED) is 0.811. The number of aryl methyl sites for hydroxylation is 1. The summed E-state index contributed by atoms with van der Waals surface area (Å²) < 4.78 is 4.92. The number of carbonyl (C=O) groups excluding carboxylic acids is 2. The molecule has 0 heterocycles. The number of nitrogens with one attached hydrogen (secondary N) is 1. The van der Waals surface area contributed by atoms with E-state index < -0.39 is 5.54 Å². The second-order valence-corrected chi connectivity index (χ2v) is 7.09. The molecule has 0 spiro atoms. The van der Waals surface area contributed by atoms with Gasteiger partial charge in [0.1, 0.15) is 5.54 Å². The molecule has 1 aromatic carbocycles. The summed E-state index contributed by atoms with van der Waals surface area (Å²) in [4.78, 5) is 24.4. The lowest BCUT2D eigenvalue weighted by molar-refractivity contribution is -0.152. The van der Waals surface area contributed by atoms with Crippen molar-refractivity contribution < 1.29 is 14.3 Å². The van der Waals surface area contributed by atoms with Gasteiger partial charge in [-0.2, -0.15) is 0 Å². The molecular formula is C18H25NO3S. The van der Waals surface area contributed by atoms with E-state index in [1.54, 1.807) is 11.8 Å². The fourth-order valence-electron chi connectivity index (χ4n) is 3.06. The van der Waals surface area contributed by atoms with Gasteiger partial charge in [0.25, 0.3) is 0 Å². The second kappa shape index (κ2) is 8.39. The fourth-order valence-corrected chi connectivity index (χ4v) is 3.96. The van der Waals surface area contributed by atoms with Crippen molar-refractivity contribution in [2.24, 2.45) is 0 Å². The number of rotatable bonds is 6.